The molecule has 150 valence electrons. The van der Waals surface area contributed by atoms with Crippen molar-refractivity contribution in [1.82, 2.24) is 15.1 Å². The summed E-state index contributed by atoms with van der Waals surface area (Å²) in [6, 6.07) is 9.84. The monoisotopic (exact) mass is 383 g/mol. The Balaban J connectivity index is 1.69. The summed E-state index contributed by atoms with van der Waals surface area (Å²) in [5, 5.41) is 2.83. The summed E-state index contributed by atoms with van der Waals surface area (Å²) in [4.78, 5) is 41.5. The number of amides is 3. The van der Waals surface area contributed by atoms with E-state index in [1.54, 1.807) is 6.92 Å². The van der Waals surface area contributed by atoms with Gasteiger partial charge in [0.15, 0.2) is 0 Å². The molecule has 0 bridgehead atoms. The number of hydrogen-bond donors (Lipinski definition) is 1. The summed E-state index contributed by atoms with van der Waals surface area (Å²) in [6.45, 7) is 3.00. The van der Waals surface area contributed by atoms with Crippen LogP contribution < -0.4 is 5.32 Å². The van der Waals surface area contributed by atoms with Gasteiger partial charge < -0.3 is 15.1 Å². The van der Waals surface area contributed by atoms with Gasteiger partial charge in [0.05, 0.1) is 12.1 Å². The predicted octanol–water partition coefficient (Wildman–Crippen LogP) is 2.05. The molecule has 3 heterocycles. The largest absolute Gasteiger partial charge is 0.344 e. The van der Waals surface area contributed by atoms with E-state index >= 15 is 0 Å². The van der Waals surface area contributed by atoms with E-state index in [1.165, 1.54) is 5.56 Å². The predicted molar refractivity (Wildman–Crippen MR) is 105 cm³/mol. The number of benzene rings is 1. The minimum absolute atomic E-state index is 0.00116. The maximum atomic E-state index is 13.3. The van der Waals surface area contributed by atoms with Crippen molar-refractivity contribution in [2.24, 2.45) is 0 Å². The molecule has 1 aromatic rings. The first kappa shape index (κ1) is 19.0. The molecule has 3 amide bonds. The van der Waals surface area contributed by atoms with Gasteiger partial charge >= 0.3 is 0 Å². The standard InChI is InChI=1S/C22H29N3O3/c1-15(26)24-13-7-3-6-10-19-21(24)17(16-8-4-2-5-9-16)14-25(19)22(28)18-11-12-20(27)23-18/h2,4-5,8-9,17-19,21H,3,6-7,10-14H2,1H3,(H,23,27)/t17-,18-,19+,21-/m0/s1. The number of likely N-dealkylation sites (tertiary alicyclic amines) is 2. The fourth-order valence-corrected chi connectivity index (χ4v) is 5.24. The highest BCUT2D eigenvalue weighted by Crippen LogP contribution is 2.39. The van der Waals surface area contributed by atoms with E-state index in [1.807, 2.05) is 28.0 Å². The Hall–Kier alpha value is -2.37. The van der Waals surface area contributed by atoms with Crippen LogP contribution in [-0.4, -0.2) is 58.7 Å². The molecule has 1 aromatic carbocycles. The molecule has 6 nitrogen and oxygen atoms in total. The zero-order chi connectivity index (χ0) is 19.7. The van der Waals surface area contributed by atoms with Crippen LogP contribution in [0.2, 0.25) is 0 Å². The summed E-state index contributed by atoms with van der Waals surface area (Å²) < 4.78 is 0. The summed E-state index contributed by atoms with van der Waals surface area (Å²) in [5.41, 5.74) is 1.18. The Labute approximate surface area is 166 Å². The van der Waals surface area contributed by atoms with Crippen molar-refractivity contribution in [1.29, 1.82) is 0 Å². The van der Waals surface area contributed by atoms with E-state index in [0.717, 1.165) is 32.2 Å². The van der Waals surface area contributed by atoms with E-state index < -0.39 is 6.04 Å². The van der Waals surface area contributed by atoms with Gasteiger partial charge in [0.1, 0.15) is 6.04 Å². The molecule has 1 N–H and O–H groups in total. The first-order chi connectivity index (χ1) is 13.6. The Kier molecular flexibility index (Phi) is 5.38. The van der Waals surface area contributed by atoms with E-state index in [-0.39, 0.29) is 35.7 Å². The lowest BCUT2D eigenvalue weighted by molar-refractivity contribution is -0.138. The van der Waals surface area contributed by atoms with E-state index in [2.05, 4.69) is 17.4 Å². The third-order valence-electron chi connectivity index (χ3n) is 6.57. The highest BCUT2D eigenvalue weighted by molar-refractivity contribution is 5.91. The van der Waals surface area contributed by atoms with Crippen molar-refractivity contribution in [3.05, 3.63) is 35.9 Å². The molecular formula is C22H29N3O3. The second kappa shape index (κ2) is 7.94. The van der Waals surface area contributed by atoms with E-state index in [4.69, 9.17) is 0 Å². The first-order valence-corrected chi connectivity index (χ1v) is 10.5. The lowest BCUT2D eigenvalue weighted by atomic mass is 9.87. The minimum atomic E-state index is -0.418. The maximum absolute atomic E-state index is 13.3. The molecule has 3 fully saturated rings. The zero-order valence-corrected chi connectivity index (χ0v) is 16.5. The Bertz CT molecular complexity index is 751. The summed E-state index contributed by atoms with van der Waals surface area (Å²) in [7, 11) is 0. The van der Waals surface area contributed by atoms with Crippen LogP contribution in [0.5, 0.6) is 0 Å². The fraction of sp³-hybridized carbons (Fsp3) is 0.591. The van der Waals surface area contributed by atoms with Gasteiger partial charge in [-0.25, -0.2) is 0 Å². The fourth-order valence-electron chi connectivity index (χ4n) is 5.24. The van der Waals surface area contributed by atoms with Crippen molar-refractivity contribution in [3.63, 3.8) is 0 Å². The zero-order valence-electron chi connectivity index (χ0n) is 16.5. The summed E-state index contributed by atoms with van der Waals surface area (Å²) >= 11 is 0. The molecule has 4 atom stereocenters. The number of rotatable bonds is 2. The van der Waals surface area contributed by atoms with Gasteiger partial charge in [0.25, 0.3) is 0 Å². The van der Waals surface area contributed by atoms with Crippen molar-refractivity contribution in [2.75, 3.05) is 13.1 Å². The van der Waals surface area contributed by atoms with E-state index in [9.17, 15) is 14.4 Å². The second-order valence-corrected chi connectivity index (χ2v) is 8.29. The van der Waals surface area contributed by atoms with Gasteiger partial charge in [-0.3, -0.25) is 14.4 Å². The second-order valence-electron chi connectivity index (χ2n) is 8.29. The first-order valence-electron chi connectivity index (χ1n) is 10.5. The van der Waals surface area contributed by atoms with Crippen LogP contribution in [-0.2, 0) is 14.4 Å². The molecule has 0 radical (unpaired) electrons. The van der Waals surface area contributed by atoms with Gasteiger partial charge in [-0.1, -0.05) is 43.2 Å². The van der Waals surface area contributed by atoms with Gasteiger partial charge in [-0.05, 0) is 24.8 Å². The lowest BCUT2D eigenvalue weighted by Gasteiger charge is -2.39. The van der Waals surface area contributed by atoms with Crippen LogP contribution in [0.1, 0.15) is 56.9 Å². The number of carbonyl (C=O) groups is 3. The molecule has 0 saturated carbocycles. The molecule has 0 unspecified atom stereocenters. The third kappa shape index (κ3) is 3.52. The molecule has 28 heavy (non-hydrogen) atoms. The average molecular weight is 383 g/mol. The van der Waals surface area contributed by atoms with Crippen LogP contribution in [0.4, 0.5) is 0 Å². The van der Waals surface area contributed by atoms with Crippen LogP contribution in [0.15, 0.2) is 30.3 Å². The molecule has 0 aromatic heterocycles. The third-order valence-corrected chi connectivity index (χ3v) is 6.57. The topological polar surface area (TPSA) is 69.7 Å². The van der Waals surface area contributed by atoms with Crippen LogP contribution in [0.3, 0.4) is 0 Å². The van der Waals surface area contributed by atoms with Crippen molar-refractivity contribution >= 4 is 17.7 Å². The van der Waals surface area contributed by atoms with Crippen LogP contribution in [0.25, 0.3) is 0 Å². The SMILES string of the molecule is CC(=O)N1CCCCC[C@@H]2[C@@H]1[C@H](c1ccccc1)CN2C(=O)[C@@H]1CCC(=O)N1. The number of carbonyl (C=O) groups excluding carboxylic acids is 3. The highest BCUT2D eigenvalue weighted by Gasteiger charge is 2.49. The molecule has 3 aliphatic heterocycles. The van der Waals surface area contributed by atoms with E-state index in [0.29, 0.717) is 19.4 Å². The van der Waals surface area contributed by atoms with Crippen molar-refractivity contribution < 1.29 is 14.4 Å². The smallest absolute Gasteiger partial charge is 0.245 e. The molecule has 4 rings (SSSR count). The van der Waals surface area contributed by atoms with Crippen molar-refractivity contribution in [2.45, 2.75) is 69.5 Å². The normalized spacial score (nSPS) is 30.4. The van der Waals surface area contributed by atoms with Gasteiger partial charge in [0.2, 0.25) is 17.7 Å². The quantitative estimate of drug-likeness (QED) is 0.850. The summed E-state index contributed by atoms with van der Waals surface area (Å²) in [5.74, 6) is 0.163. The molecular weight excluding hydrogens is 354 g/mol. The Morgan fingerprint density at radius 2 is 1.82 bits per heavy atom. The van der Waals surface area contributed by atoms with Crippen molar-refractivity contribution in [3.8, 4) is 0 Å². The molecule has 3 saturated heterocycles. The lowest BCUT2D eigenvalue weighted by Crippen LogP contribution is -2.53. The Morgan fingerprint density at radius 1 is 1.04 bits per heavy atom. The number of fused-ring (bicyclic) bond motifs is 1. The average Bonchev–Trinajstić information content (AvgIpc) is 3.25. The number of nitrogens with zero attached hydrogens (tertiary/aromatic N) is 2. The number of hydrogen-bond acceptors (Lipinski definition) is 3. The van der Waals surface area contributed by atoms with Crippen LogP contribution in [0, 0.1) is 0 Å². The highest BCUT2D eigenvalue weighted by atomic mass is 16.2. The van der Waals surface area contributed by atoms with Gasteiger partial charge in [0, 0.05) is 32.4 Å². The summed E-state index contributed by atoms with van der Waals surface area (Å²) in [6.07, 6.45) is 5.04. The minimum Gasteiger partial charge on any atom is -0.344 e. The Morgan fingerprint density at radius 3 is 2.50 bits per heavy atom. The molecule has 6 heteroatoms. The molecule has 3 aliphatic rings. The maximum Gasteiger partial charge on any atom is 0.245 e. The van der Waals surface area contributed by atoms with Gasteiger partial charge in [-0.2, -0.15) is 0 Å². The molecule has 0 aliphatic carbocycles. The number of nitrogens with one attached hydrogen (secondary N) is 1. The van der Waals surface area contributed by atoms with Gasteiger partial charge in [-0.15, -0.1) is 0 Å². The van der Waals surface area contributed by atoms with Crippen LogP contribution >= 0.6 is 0 Å². The molecule has 0 spiro atoms.